The van der Waals surface area contributed by atoms with Gasteiger partial charge in [-0.3, -0.25) is 19.4 Å². The number of Topliss-reactive ketones (excluding diaryl/α,β-unsaturated/α-hetero) is 3. The minimum atomic E-state index is -1.43. The summed E-state index contributed by atoms with van der Waals surface area (Å²) in [5.41, 5.74) is 3.88. The summed E-state index contributed by atoms with van der Waals surface area (Å²) in [5.74, 6) is -1.42. The monoisotopic (exact) mass is 437 g/mol. The Morgan fingerprint density at radius 2 is 1.29 bits per heavy atom. The molecule has 8 rings (SSSR count). The molecular formula is C30H15NO3. The fourth-order valence-electron chi connectivity index (χ4n) is 6.62. The molecule has 4 heteroatoms. The number of aliphatic imine (C=N–C) groups is 1. The van der Waals surface area contributed by atoms with Crippen molar-refractivity contribution in [3.05, 3.63) is 124 Å². The van der Waals surface area contributed by atoms with E-state index in [0.717, 1.165) is 27.5 Å². The Morgan fingerprint density at radius 3 is 2.09 bits per heavy atom. The third kappa shape index (κ3) is 1.74. The van der Waals surface area contributed by atoms with Gasteiger partial charge in [0, 0.05) is 33.4 Å². The van der Waals surface area contributed by atoms with Crippen molar-refractivity contribution in [2.75, 3.05) is 0 Å². The van der Waals surface area contributed by atoms with Gasteiger partial charge in [0.2, 0.25) is 0 Å². The molecule has 0 saturated carbocycles. The van der Waals surface area contributed by atoms with E-state index in [1.165, 1.54) is 0 Å². The highest BCUT2D eigenvalue weighted by molar-refractivity contribution is 6.41. The minimum absolute atomic E-state index is 0.150. The van der Waals surface area contributed by atoms with Gasteiger partial charge in [-0.15, -0.1) is 0 Å². The van der Waals surface area contributed by atoms with Gasteiger partial charge in [0.25, 0.3) is 0 Å². The molecule has 4 aromatic rings. The number of carbonyl (C=O) groups is 3. The number of nitrogens with zero attached hydrogens (tertiary/aromatic N) is 1. The van der Waals surface area contributed by atoms with Gasteiger partial charge in [0.15, 0.2) is 17.3 Å². The topological polar surface area (TPSA) is 63.6 Å². The molecule has 0 fully saturated rings. The fourth-order valence-corrected chi connectivity index (χ4v) is 6.62. The van der Waals surface area contributed by atoms with Gasteiger partial charge in [-0.1, -0.05) is 84.9 Å². The summed E-state index contributed by atoms with van der Waals surface area (Å²) < 4.78 is 0. The van der Waals surface area contributed by atoms with E-state index in [4.69, 9.17) is 4.99 Å². The zero-order valence-corrected chi connectivity index (χ0v) is 17.8. The third-order valence-electron chi connectivity index (χ3n) is 7.89. The predicted octanol–water partition coefficient (Wildman–Crippen LogP) is 5.20. The van der Waals surface area contributed by atoms with Crippen molar-refractivity contribution in [2.45, 2.75) is 5.41 Å². The van der Waals surface area contributed by atoms with E-state index in [9.17, 15) is 14.4 Å². The number of hydrogen-bond donors (Lipinski definition) is 0. The summed E-state index contributed by atoms with van der Waals surface area (Å²) in [5, 5.41) is 1.76. The number of rotatable bonds is 0. The first-order chi connectivity index (χ1) is 16.6. The maximum Gasteiger partial charge on any atom is 0.193 e. The molecule has 158 valence electrons. The van der Waals surface area contributed by atoms with E-state index in [2.05, 4.69) is 0 Å². The van der Waals surface area contributed by atoms with Crippen LogP contribution >= 0.6 is 0 Å². The van der Waals surface area contributed by atoms with Crippen LogP contribution in [0.5, 0.6) is 0 Å². The second-order valence-corrected chi connectivity index (χ2v) is 9.28. The van der Waals surface area contributed by atoms with E-state index < -0.39 is 11.3 Å². The summed E-state index contributed by atoms with van der Waals surface area (Å²) in [7, 11) is 0. The first-order valence-corrected chi connectivity index (χ1v) is 11.3. The van der Waals surface area contributed by atoms with Gasteiger partial charge in [-0.2, -0.15) is 0 Å². The number of hydrogen-bond acceptors (Lipinski definition) is 4. The Morgan fingerprint density at radius 1 is 0.647 bits per heavy atom. The van der Waals surface area contributed by atoms with Crippen molar-refractivity contribution in [1.29, 1.82) is 0 Å². The Kier molecular flexibility index (Phi) is 3.04. The maximum atomic E-state index is 14.5. The third-order valence-corrected chi connectivity index (χ3v) is 7.89. The van der Waals surface area contributed by atoms with Crippen LogP contribution in [-0.2, 0) is 5.41 Å². The lowest BCUT2D eigenvalue weighted by Crippen LogP contribution is -2.50. The van der Waals surface area contributed by atoms with Crippen LogP contribution < -0.4 is 0 Å². The molecule has 4 aliphatic rings. The normalized spacial score (nSPS) is 23.4. The molecule has 0 radical (unpaired) electrons. The van der Waals surface area contributed by atoms with Crippen molar-refractivity contribution in [2.24, 2.45) is 10.9 Å². The zero-order chi connectivity index (χ0) is 22.8. The molecule has 1 spiro atoms. The molecule has 1 heterocycles. The van der Waals surface area contributed by atoms with Crippen LogP contribution in [0.2, 0.25) is 0 Å². The predicted molar refractivity (Wildman–Crippen MR) is 128 cm³/mol. The second kappa shape index (κ2) is 5.72. The summed E-state index contributed by atoms with van der Waals surface area (Å²) in [6, 6.07) is 26.2. The van der Waals surface area contributed by atoms with E-state index >= 15 is 0 Å². The number of fused-ring (bicyclic) bond motifs is 8. The van der Waals surface area contributed by atoms with Crippen molar-refractivity contribution in [1.82, 2.24) is 0 Å². The molecule has 1 aliphatic heterocycles. The van der Waals surface area contributed by atoms with Crippen molar-refractivity contribution in [3.8, 4) is 0 Å². The lowest BCUT2D eigenvalue weighted by Gasteiger charge is -2.38. The van der Waals surface area contributed by atoms with Gasteiger partial charge in [0.05, 0.1) is 17.3 Å². The summed E-state index contributed by atoms with van der Waals surface area (Å²) in [6.07, 6.45) is 0. The molecule has 2 atom stereocenters. The molecule has 3 aliphatic carbocycles. The average Bonchev–Trinajstić information content (AvgIpc) is 3.43. The fraction of sp³-hybridized carbons (Fsp3) is 0.0667. The number of benzene rings is 4. The van der Waals surface area contributed by atoms with Gasteiger partial charge >= 0.3 is 0 Å². The number of ketones is 3. The Balaban J connectivity index is 1.57. The number of carbonyl (C=O) groups excluding carboxylic acids is 3. The molecule has 0 saturated heterocycles. The van der Waals surface area contributed by atoms with Gasteiger partial charge in [-0.25, -0.2) is 0 Å². The molecule has 34 heavy (non-hydrogen) atoms. The summed E-state index contributed by atoms with van der Waals surface area (Å²) >= 11 is 0. The van der Waals surface area contributed by atoms with Crippen molar-refractivity contribution in [3.63, 3.8) is 0 Å². The van der Waals surface area contributed by atoms with Crippen molar-refractivity contribution >= 4 is 39.5 Å². The SMILES string of the molecule is O=C1C2=C(N=C3c4ccccc4C(=O)C3[C@]23C(=O)c2cccc4cccc3c24)c2ccccc21. The van der Waals surface area contributed by atoms with E-state index in [-0.39, 0.29) is 17.3 Å². The van der Waals surface area contributed by atoms with Crippen LogP contribution in [0.25, 0.3) is 16.5 Å². The molecule has 0 aromatic heterocycles. The Labute approximate surface area is 194 Å². The van der Waals surface area contributed by atoms with Gasteiger partial charge in [0.1, 0.15) is 5.41 Å². The van der Waals surface area contributed by atoms with Crippen LogP contribution in [0.1, 0.15) is 47.8 Å². The highest BCUT2D eigenvalue weighted by Crippen LogP contribution is 2.60. The van der Waals surface area contributed by atoms with Crippen LogP contribution in [0.15, 0.2) is 95.5 Å². The largest absolute Gasteiger partial charge is 0.293 e. The van der Waals surface area contributed by atoms with E-state index in [1.807, 2.05) is 72.8 Å². The summed E-state index contributed by atoms with van der Waals surface area (Å²) in [6.45, 7) is 0. The van der Waals surface area contributed by atoms with Gasteiger partial charge < -0.3 is 0 Å². The first-order valence-electron chi connectivity index (χ1n) is 11.3. The first kappa shape index (κ1) is 18.0. The Hall–Kier alpha value is -4.44. The highest BCUT2D eigenvalue weighted by atomic mass is 16.1. The average molecular weight is 437 g/mol. The molecule has 0 bridgehead atoms. The van der Waals surface area contributed by atoms with Crippen molar-refractivity contribution < 1.29 is 14.4 Å². The van der Waals surface area contributed by atoms with Gasteiger partial charge in [-0.05, 0) is 16.3 Å². The molecular weight excluding hydrogens is 422 g/mol. The lowest BCUT2D eigenvalue weighted by atomic mass is 9.60. The van der Waals surface area contributed by atoms with E-state index in [0.29, 0.717) is 33.7 Å². The zero-order valence-electron chi connectivity index (χ0n) is 17.8. The van der Waals surface area contributed by atoms with Crippen LogP contribution in [0, 0.1) is 5.92 Å². The smallest absolute Gasteiger partial charge is 0.193 e. The molecule has 1 unspecified atom stereocenters. The molecule has 0 N–H and O–H groups in total. The maximum absolute atomic E-state index is 14.5. The van der Waals surface area contributed by atoms with E-state index in [1.54, 1.807) is 12.1 Å². The number of allylic oxidation sites excluding steroid dienone is 1. The lowest BCUT2D eigenvalue weighted by molar-refractivity contribution is 0.0798. The molecule has 4 nitrogen and oxygen atoms in total. The quantitative estimate of drug-likeness (QED) is 0.380. The molecule has 0 amide bonds. The standard InChI is InChI=1S/C30H15NO3/c32-27-18-11-3-1-9-16(18)25-23(27)30(24-26(31-25)17-10-2-4-12-19(17)28(24)33)21-14-6-8-15-7-5-13-20(22(15)21)29(30)34/h1-14,23H/t23?,30-/m0/s1. The minimum Gasteiger partial charge on any atom is -0.293 e. The van der Waals surface area contributed by atoms with Crippen LogP contribution in [0.3, 0.4) is 0 Å². The Bertz CT molecular complexity index is 1770. The highest BCUT2D eigenvalue weighted by Gasteiger charge is 2.66. The van der Waals surface area contributed by atoms with Crippen LogP contribution in [0.4, 0.5) is 0 Å². The summed E-state index contributed by atoms with van der Waals surface area (Å²) in [4.78, 5) is 47.5. The van der Waals surface area contributed by atoms with Crippen LogP contribution in [-0.4, -0.2) is 23.1 Å². The molecule has 4 aromatic carbocycles. The second-order valence-electron chi connectivity index (χ2n) is 9.28.